The van der Waals surface area contributed by atoms with Gasteiger partial charge in [-0.15, -0.1) is 0 Å². The van der Waals surface area contributed by atoms with Gasteiger partial charge in [0.1, 0.15) is 31.4 Å². The molecule has 8 rings (SSSR count). The monoisotopic (exact) mass is 1060 g/mol. The average molecular weight is 1060 g/mol. The van der Waals surface area contributed by atoms with Crippen molar-refractivity contribution >= 4 is 52.9 Å². The Balaban J connectivity index is 0.831. The van der Waals surface area contributed by atoms with Crippen molar-refractivity contribution in [1.29, 1.82) is 0 Å². The van der Waals surface area contributed by atoms with Gasteiger partial charge in [-0.25, -0.2) is 13.2 Å². The second kappa shape index (κ2) is 22.8. The van der Waals surface area contributed by atoms with Crippen molar-refractivity contribution in [2.24, 2.45) is 22.7 Å². The fraction of sp³-hybridized carbons (Fsp3) is 0.500. The minimum atomic E-state index is -2.46. The number of aliphatic hydroxyl groups excluding tert-OH is 1. The Labute approximate surface area is 435 Å². The minimum absolute atomic E-state index is 0.000917. The third-order valence-electron chi connectivity index (χ3n) is 15.9. The predicted molar refractivity (Wildman–Crippen MR) is 261 cm³/mol. The van der Waals surface area contributed by atoms with E-state index in [-0.39, 0.29) is 61.6 Å². The molecule has 7 amide bonds. The van der Waals surface area contributed by atoms with E-state index in [1.165, 1.54) is 43.4 Å². The van der Waals surface area contributed by atoms with Gasteiger partial charge in [-0.2, -0.15) is 0 Å². The molecule has 2 aromatic rings. The van der Waals surface area contributed by atoms with Crippen molar-refractivity contribution in [2.75, 3.05) is 39.5 Å². The molecule has 4 aliphatic carbocycles. The van der Waals surface area contributed by atoms with Gasteiger partial charge in [0, 0.05) is 53.8 Å². The van der Waals surface area contributed by atoms with E-state index in [1.807, 2.05) is 0 Å². The molecule has 4 fully saturated rings. The van der Waals surface area contributed by atoms with E-state index in [4.69, 9.17) is 14.2 Å². The largest absolute Gasteiger partial charge is 0.390 e. The van der Waals surface area contributed by atoms with Crippen LogP contribution < -0.4 is 26.6 Å². The number of alkyl halides is 2. The summed E-state index contributed by atoms with van der Waals surface area (Å²) in [5.41, 5.74) is -6.64. The molecule has 11 atom stereocenters. The van der Waals surface area contributed by atoms with Gasteiger partial charge in [-0.05, 0) is 80.4 Å². The number of carbonyl (C=O) groups is 9. The van der Waals surface area contributed by atoms with Gasteiger partial charge in [0.15, 0.2) is 29.1 Å². The summed E-state index contributed by atoms with van der Waals surface area (Å²) in [6.07, 6.45) is 0.950. The fourth-order valence-electron chi connectivity index (χ4n) is 12.2. The molecule has 0 bridgehead atoms. The Bertz CT molecular complexity index is 2720. The molecule has 0 radical (unpaired) electrons. The number of hydrogen-bond donors (Lipinski definition) is 6. The van der Waals surface area contributed by atoms with Crippen molar-refractivity contribution in [2.45, 2.75) is 107 Å². The number of ether oxygens (including phenoxy) is 3. The summed E-state index contributed by atoms with van der Waals surface area (Å²) in [5, 5.41) is 24.2. The van der Waals surface area contributed by atoms with Crippen LogP contribution in [0.15, 0.2) is 90.6 Å². The van der Waals surface area contributed by atoms with Gasteiger partial charge >= 0.3 is 0 Å². The summed E-state index contributed by atoms with van der Waals surface area (Å²) in [6.45, 7) is 0.532. The first-order valence-corrected chi connectivity index (χ1v) is 25.3. The minimum Gasteiger partial charge on any atom is -0.390 e. The molecule has 76 heavy (non-hydrogen) atoms. The summed E-state index contributed by atoms with van der Waals surface area (Å²) in [4.78, 5) is 116. The topological polar surface area (TPSA) is 265 Å². The summed E-state index contributed by atoms with van der Waals surface area (Å²) < 4.78 is 67.2. The molecule has 1 saturated heterocycles. The molecule has 6 aliphatic rings. The number of imide groups is 1. The molecular formula is C54H61F3N6O13. The second-order valence-electron chi connectivity index (χ2n) is 20.5. The first kappa shape index (κ1) is 55.4. The summed E-state index contributed by atoms with van der Waals surface area (Å²) >= 11 is 0. The number of nitrogens with one attached hydrogen (secondary N) is 5. The Morgan fingerprint density at radius 3 is 2.26 bits per heavy atom. The van der Waals surface area contributed by atoms with Crippen molar-refractivity contribution in [3.05, 3.63) is 107 Å². The van der Waals surface area contributed by atoms with Crippen molar-refractivity contribution in [3.63, 3.8) is 0 Å². The van der Waals surface area contributed by atoms with E-state index in [1.54, 1.807) is 43.3 Å². The highest BCUT2D eigenvalue weighted by Gasteiger charge is 2.80. The zero-order valence-electron chi connectivity index (χ0n) is 42.0. The maximum atomic E-state index is 18.0. The number of unbranched alkanes of at least 4 members (excludes halogenated alkanes) is 2. The first-order chi connectivity index (χ1) is 36.2. The zero-order valence-corrected chi connectivity index (χ0v) is 42.0. The molecule has 3 saturated carbocycles. The van der Waals surface area contributed by atoms with Crippen molar-refractivity contribution < 1.29 is 75.6 Å². The van der Waals surface area contributed by atoms with E-state index in [2.05, 4.69) is 26.6 Å². The van der Waals surface area contributed by atoms with Crippen LogP contribution in [0.2, 0.25) is 0 Å². The van der Waals surface area contributed by atoms with Crippen LogP contribution in [0.4, 0.5) is 13.2 Å². The highest BCUT2D eigenvalue weighted by atomic mass is 19.1. The third kappa shape index (κ3) is 10.9. The molecule has 0 unspecified atom stereocenters. The van der Waals surface area contributed by atoms with Crippen LogP contribution in [0.1, 0.15) is 76.2 Å². The van der Waals surface area contributed by atoms with Crippen molar-refractivity contribution in [3.8, 4) is 0 Å². The highest BCUT2D eigenvalue weighted by Crippen LogP contribution is 2.72. The molecule has 406 valence electrons. The molecule has 19 nitrogen and oxygen atoms in total. The van der Waals surface area contributed by atoms with Gasteiger partial charge in [0.2, 0.25) is 29.5 Å². The quantitative estimate of drug-likeness (QED) is 0.0562. The third-order valence-corrected chi connectivity index (χ3v) is 15.9. The standard InChI is InChI=1S/C54H61F3N6O13/c1-51-18-17-34(64)22-37(51)38(56)23-36-35-24-42-54(52(35,2)25-40(65)53(36,51)57,76-50(75-42)32-12-9-13-33(55)21-32)41(66)29-74-30-61-45(69)27-60-49(73)39(20-31-10-5-3-6-11-31)62-46(70)28-59-44(68)26-58-43(67)14-7-4-8-19-63-47(71)15-16-48(63)72/h3,5-6,9-13,15-18,21-22,35-36,38-40,42,50,65H,4,7-8,14,19-20,23-30H2,1-2H3,(H,58,67)(H,59,68)(H,60,73)(H,61,69)(H,62,70)/t35-,36-,38-,39-,40-,42+,50+,51-,52-,53-,54+/m0/s1. The summed E-state index contributed by atoms with van der Waals surface area (Å²) in [5.74, 6) is -7.87. The normalized spacial score (nSPS) is 30.3. The number of aliphatic hydroxyl groups is 1. The molecule has 2 aliphatic heterocycles. The average Bonchev–Trinajstić information content (AvgIpc) is 4.22. The van der Waals surface area contributed by atoms with Crippen LogP contribution in [0.5, 0.6) is 0 Å². The number of allylic oxidation sites excluding steroid dienone is 4. The van der Waals surface area contributed by atoms with Crippen LogP contribution >= 0.6 is 0 Å². The van der Waals surface area contributed by atoms with Gasteiger partial charge in [-0.1, -0.05) is 61.9 Å². The maximum absolute atomic E-state index is 18.0. The van der Waals surface area contributed by atoms with Crippen LogP contribution in [0.3, 0.4) is 0 Å². The molecule has 2 aromatic carbocycles. The first-order valence-electron chi connectivity index (χ1n) is 25.3. The lowest BCUT2D eigenvalue weighted by atomic mass is 9.44. The summed E-state index contributed by atoms with van der Waals surface area (Å²) in [7, 11) is 0. The van der Waals surface area contributed by atoms with Crippen molar-refractivity contribution in [1.82, 2.24) is 31.5 Å². The number of Topliss-reactive ketones (excluding diaryl/α,β-unsaturated/α-hetero) is 1. The number of rotatable bonds is 22. The van der Waals surface area contributed by atoms with E-state index in [9.17, 15) is 52.6 Å². The van der Waals surface area contributed by atoms with Crippen LogP contribution in [-0.2, 0) is 63.8 Å². The number of amides is 7. The number of hydrogen-bond acceptors (Lipinski definition) is 13. The van der Waals surface area contributed by atoms with Gasteiger partial charge in [-0.3, -0.25) is 48.1 Å². The Hall–Kier alpha value is -6.88. The molecular weight excluding hydrogens is 998 g/mol. The zero-order chi connectivity index (χ0) is 54.6. The number of halogens is 3. The molecule has 0 aromatic heterocycles. The number of benzene rings is 2. The highest BCUT2D eigenvalue weighted by molar-refractivity contribution is 6.12. The van der Waals surface area contributed by atoms with E-state index < -0.39 is 145 Å². The van der Waals surface area contributed by atoms with Crippen LogP contribution in [0, 0.1) is 28.5 Å². The maximum Gasteiger partial charge on any atom is 0.253 e. The Morgan fingerprint density at radius 1 is 0.829 bits per heavy atom. The summed E-state index contributed by atoms with van der Waals surface area (Å²) in [6, 6.07) is 12.8. The lowest BCUT2D eigenvalue weighted by molar-refractivity contribution is -0.235. The van der Waals surface area contributed by atoms with Gasteiger partial charge in [0.25, 0.3) is 11.8 Å². The fourth-order valence-corrected chi connectivity index (χ4v) is 12.2. The Morgan fingerprint density at radius 2 is 1.53 bits per heavy atom. The van der Waals surface area contributed by atoms with Crippen LogP contribution in [0.25, 0.3) is 0 Å². The number of ketones is 2. The molecule has 0 spiro atoms. The molecule has 2 heterocycles. The smallest absolute Gasteiger partial charge is 0.253 e. The number of nitrogens with zero attached hydrogens (tertiary/aromatic N) is 1. The SMILES string of the molecule is C[C@]12C=CC(=O)C=C1[C@@H](F)C[C@H]1[C@@H]3C[C@H]4O[C@@H](c5cccc(F)c5)O[C@@]4(C(=O)COCNC(=O)CNC(=O)[C@H](Cc4ccccc4)NC(=O)CNC(=O)CNC(=O)CCCCCN4C(=O)C=CC4=O)[C@@]3(C)C[C@H](O)[C@@]12F. The van der Waals surface area contributed by atoms with Crippen LogP contribution in [-0.4, -0.2) is 138 Å². The molecule has 6 N–H and O–H groups in total. The van der Waals surface area contributed by atoms with Gasteiger partial charge < -0.3 is 45.9 Å². The van der Waals surface area contributed by atoms with E-state index in [0.717, 1.165) is 17.1 Å². The lowest BCUT2D eigenvalue weighted by Crippen LogP contribution is -2.70. The second-order valence-corrected chi connectivity index (χ2v) is 20.5. The predicted octanol–water partition coefficient (Wildman–Crippen LogP) is 2.13. The molecule has 22 heteroatoms. The number of fused-ring (bicyclic) bond motifs is 7. The lowest BCUT2D eigenvalue weighted by Gasteiger charge is -2.63. The number of carbonyl (C=O) groups excluding carboxylic acids is 9. The van der Waals surface area contributed by atoms with E-state index in [0.29, 0.717) is 24.8 Å². The Kier molecular flexibility index (Phi) is 16.6. The van der Waals surface area contributed by atoms with Gasteiger partial charge in [0.05, 0.1) is 31.8 Å². The van der Waals surface area contributed by atoms with E-state index >= 15 is 8.78 Å².